The molecular weight excluding hydrogens is 216 g/mol. The molecule has 2 rings (SSSR count). The molecule has 90 valence electrons. The summed E-state index contributed by atoms with van der Waals surface area (Å²) in [5.74, 6) is 2.46. The fourth-order valence-electron chi connectivity index (χ4n) is 2.52. The molecule has 3 unspecified atom stereocenters. The van der Waals surface area contributed by atoms with Crippen LogP contribution in [0.5, 0.6) is 0 Å². The van der Waals surface area contributed by atoms with Gasteiger partial charge in [-0.05, 0) is 50.1 Å². The lowest BCUT2D eigenvalue weighted by Gasteiger charge is -2.19. The maximum Gasteiger partial charge on any atom is 0.0794 e. The van der Waals surface area contributed by atoms with Crippen LogP contribution in [0.15, 0.2) is 11.7 Å². The lowest BCUT2D eigenvalue weighted by molar-refractivity contribution is 0.347. The van der Waals surface area contributed by atoms with Crippen LogP contribution >= 0.6 is 11.3 Å². The van der Waals surface area contributed by atoms with Crippen LogP contribution in [0.1, 0.15) is 43.9 Å². The molecule has 2 nitrogen and oxygen atoms in total. The predicted molar refractivity (Wildman–Crippen MR) is 69.9 cm³/mol. The Balaban J connectivity index is 1.74. The predicted octanol–water partition coefficient (Wildman–Crippen LogP) is 3.27. The average molecular weight is 238 g/mol. The molecule has 1 saturated heterocycles. The van der Waals surface area contributed by atoms with Crippen LogP contribution in [0, 0.1) is 11.8 Å². The summed E-state index contributed by atoms with van der Waals surface area (Å²) in [6.45, 7) is 7.19. The van der Waals surface area contributed by atoms with Crippen LogP contribution in [0.2, 0.25) is 0 Å². The first-order chi connectivity index (χ1) is 7.77. The van der Waals surface area contributed by atoms with Crippen molar-refractivity contribution >= 4 is 11.3 Å². The van der Waals surface area contributed by atoms with Gasteiger partial charge in [-0.15, -0.1) is 11.3 Å². The Morgan fingerprint density at radius 1 is 1.50 bits per heavy atom. The molecule has 16 heavy (non-hydrogen) atoms. The normalized spacial score (nSPS) is 24.5. The van der Waals surface area contributed by atoms with Gasteiger partial charge in [-0.1, -0.05) is 13.8 Å². The maximum absolute atomic E-state index is 4.16. The smallest absolute Gasteiger partial charge is 0.0794 e. The monoisotopic (exact) mass is 238 g/mol. The van der Waals surface area contributed by atoms with Gasteiger partial charge < -0.3 is 5.32 Å². The summed E-state index contributed by atoms with van der Waals surface area (Å²) < 4.78 is 0. The number of hydrogen-bond acceptors (Lipinski definition) is 3. The van der Waals surface area contributed by atoms with Gasteiger partial charge in [-0.25, -0.2) is 0 Å². The van der Waals surface area contributed by atoms with E-state index in [1.54, 1.807) is 11.3 Å². The van der Waals surface area contributed by atoms with E-state index < -0.39 is 0 Å². The van der Waals surface area contributed by atoms with Gasteiger partial charge in [0, 0.05) is 11.1 Å². The van der Waals surface area contributed by atoms with E-state index in [1.807, 2.05) is 11.7 Å². The van der Waals surface area contributed by atoms with E-state index >= 15 is 0 Å². The Bertz CT molecular complexity index is 291. The molecule has 0 aromatic carbocycles. The minimum absolute atomic E-state index is 0.685. The van der Waals surface area contributed by atoms with Crippen LogP contribution in [-0.2, 0) is 0 Å². The molecule has 3 heteroatoms. The van der Waals surface area contributed by atoms with Crippen molar-refractivity contribution in [1.82, 2.24) is 10.3 Å². The average Bonchev–Trinajstić information content (AvgIpc) is 2.95. The van der Waals surface area contributed by atoms with Gasteiger partial charge >= 0.3 is 0 Å². The summed E-state index contributed by atoms with van der Waals surface area (Å²) >= 11 is 1.79. The molecule has 0 bridgehead atoms. The summed E-state index contributed by atoms with van der Waals surface area (Å²) in [4.78, 5) is 5.60. The molecule has 2 heterocycles. The summed E-state index contributed by atoms with van der Waals surface area (Å²) in [7, 11) is 0. The summed E-state index contributed by atoms with van der Waals surface area (Å²) in [6, 6.07) is 0. The Labute approximate surface area is 102 Å². The van der Waals surface area contributed by atoms with Crippen molar-refractivity contribution in [2.45, 2.75) is 39.0 Å². The van der Waals surface area contributed by atoms with E-state index in [0.717, 1.165) is 11.8 Å². The molecule has 1 aromatic rings. The second-order valence-electron chi connectivity index (χ2n) is 5.11. The van der Waals surface area contributed by atoms with E-state index in [4.69, 9.17) is 0 Å². The topological polar surface area (TPSA) is 24.9 Å². The van der Waals surface area contributed by atoms with Crippen molar-refractivity contribution in [2.75, 3.05) is 13.1 Å². The van der Waals surface area contributed by atoms with Crippen molar-refractivity contribution < 1.29 is 0 Å². The van der Waals surface area contributed by atoms with E-state index in [9.17, 15) is 0 Å². The molecule has 1 fully saturated rings. The first-order valence-electron chi connectivity index (χ1n) is 6.36. The number of thiazole rings is 1. The van der Waals surface area contributed by atoms with Crippen molar-refractivity contribution in [1.29, 1.82) is 0 Å². The minimum Gasteiger partial charge on any atom is -0.316 e. The minimum atomic E-state index is 0.685. The van der Waals surface area contributed by atoms with Crippen LogP contribution in [0.3, 0.4) is 0 Å². The first-order valence-corrected chi connectivity index (χ1v) is 7.24. The van der Waals surface area contributed by atoms with Crippen LogP contribution < -0.4 is 5.32 Å². The number of hydrogen-bond donors (Lipinski definition) is 1. The van der Waals surface area contributed by atoms with Crippen LogP contribution in [-0.4, -0.2) is 18.1 Å². The number of nitrogens with zero attached hydrogens (tertiary/aromatic N) is 1. The fourth-order valence-corrected chi connectivity index (χ4v) is 3.24. The van der Waals surface area contributed by atoms with Crippen LogP contribution in [0.4, 0.5) is 0 Å². The molecule has 0 aliphatic carbocycles. The van der Waals surface area contributed by atoms with E-state index in [-0.39, 0.29) is 0 Å². The zero-order valence-electron chi connectivity index (χ0n) is 10.3. The fraction of sp³-hybridized carbons (Fsp3) is 0.769. The quantitative estimate of drug-likeness (QED) is 0.851. The van der Waals surface area contributed by atoms with Gasteiger partial charge in [0.25, 0.3) is 0 Å². The highest BCUT2D eigenvalue weighted by atomic mass is 32.1. The largest absolute Gasteiger partial charge is 0.316 e. The van der Waals surface area contributed by atoms with Gasteiger partial charge in [-0.3, -0.25) is 4.98 Å². The van der Waals surface area contributed by atoms with Crippen molar-refractivity contribution in [2.24, 2.45) is 11.8 Å². The van der Waals surface area contributed by atoms with E-state index in [0.29, 0.717) is 5.92 Å². The third-order valence-corrected chi connectivity index (χ3v) is 4.90. The summed E-state index contributed by atoms with van der Waals surface area (Å²) in [6.07, 6.45) is 6.05. The SMILES string of the molecule is CC(CCC(C)C1CCNC1)c1cncs1. The third kappa shape index (κ3) is 3.05. The van der Waals surface area contributed by atoms with Crippen molar-refractivity contribution in [3.63, 3.8) is 0 Å². The maximum atomic E-state index is 4.16. The molecule has 1 aliphatic heterocycles. The number of nitrogens with one attached hydrogen (secondary N) is 1. The second-order valence-corrected chi connectivity index (χ2v) is 6.03. The zero-order chi connectivity index (χ0) is 11.4. The van der Waals surface area contributed by atoms with Crippen molar-refractivity contribution in [3.05, 3.63) is 16.6 Å². The van der Waals surface area contributed by atoms with E-state index in [2.05, 4.69) is 24.1 Å². The van der Waals surface area contributed by atoms with Crippen molar-refractivity contribution in [3.8, 4) is 0 Å². The number of aromatic nitrogens is 1. The standard InChI is InChI=1S/C13H22N2S/c1-10(12-5-6-14-7-12)3-4-11(2)13-8-15-9-16-13/h8-12,14H,3-7H2,1-2H3. The van der Waals surface area contributed by atoms with Gasteiger partial charge in [0.2, 0.25) is 0 Å². The Morgan fingerprint density at radius 3 is 3.00 bits per heavy atom. The highest BCUT2D eigenvalue weighted by Crippen LogP contribution is 2.29. The molecule has 0 amide bonds. The van der Waals surface area contributed by atoms with Gasteiger partial charge in [-0.2, -0.15) is 0 Å². The molecule has 0 radical (unpaired) electrons. The molecular formula is C13H22N2S. The molecule has 1 aliphatic rings. The molecule has 3 atom stereocenters. The van der Waals surface area contributed by atoms with Gasteiger partial charge in [0.05, 0.1) is 5.51 Å². The Hall–Kier alpha value is -0.410. The first kappa shape index (κ1) is 12.1. The Morgan fingerprint density at radius 2 is 2.38 bits per heavy atom. The van der Waals surface area contributed by atoms with Gasteiger partial charge in [0.1, 0.15) is 0 Å². The van der Waals surface area contributed by atoms with Crippen LogP contribution in [0.25, 0.3) is 0 Å². The van der Waals surface area contributed by atoms with Gasteiger partial charge in [0.15, 0.2) is 0 Å². The number of rotatable bonds is 5. The van der Waals surface area contributed by atoms with E-state index in [1.165, 1.54) is 37.2 Å². The molecule has 1 N–H and O–H groups in total. The summed E-state index contributed by atoms with van der Waals surface area (Å²) in [5.41, 5.74) is 1.94. The lowest BCUT2D eigenvalue weighted by atomic mass is 9.87. The molecule has 0 spiro atoms. The second kappa shape index (κ2) is 5.78. The molecule has 0 saturated carbocycles. The zero-order valence-corrected chi connectivity index (χ0v) is 11.1. The highest BCUT2D eigenvalue weighted by molar-refractivity contribution is 7.09. The summed E-state index contributed by atoms with van der Waals surface area (Å²) in [5, 5.41) is 3.46. The molecule has 1 aromatic heterocycles. The Kier molecular flexibility index (Phi) is 4.36. The lowest BCUT2D eigenvalue weighted by Crippen LogP contribution is -2.16. The third-order valence-electron chi connectivity index (χ3n) is 3.90. The highest BCUT2D eigenvalue weighted by Gasteiger charge is 2.21.